The summed E-state index contributed by atoms with van der Waals surface area (Å²) in [7, 11) is 1.33. The summed E-state index contributed by atoms with van der Waals surface area (Å²) in [5.41, 5.74) is 4.47. The lowest BCUT2D eigenvalue weighted by molar-refractivity contribution is -0.154. The maximum atomic E-state index is 14.1. The Morgan fingerprint density at radius 3 is 2.79 bits per heavy atom. The minimum Gasteiger partial charge on any atom is -0.468 e. The van der Waals surface area contributed by atoms with Gasteiger partial charge in [-0.05, 0) is 53.3 Å². The molecule has 0 radical (unpaired) electrons. The van der Waals surface area contributed by atoms with Gasteiger partial charge in [0.25, 0.3) is 0 Å². The molecule has 2 aromatic carbocycles. The first-order valence-corrected chi connectivity index (χ1v) is 11.3. The standard InChI is InChI=1S/C27H24N2O5/c1-27(2)12-18-23(25(30)24(27)26(31)32-3)21(14-6-9-19-20(11-14)34-13-33-19)22-15-5-4-10-28-16(15)7-8-17(22)29-18/h4-11,21,24,29H,12-13H2,1-3H3/t21-,24-/m0/s1. The van der Waals surface area contributed by atoms with Crippen LogP contribution in [0.1, 0.15) is 37.3 Å². The fourth-order valence-electron chi connectivity index (χ4n) is 5.61. The number of pyridine rings is 1. The summed E-state index contributed by atoms with van der Waals surface area (Å²) in [6, 6.07) is 13.7. The third-order valence-corrected chi connectivity index (χ3v) is 7.12. The van der Waals surface area contributed by atoms with Gasteiger partial charge in [-0.15, -0.1) is 0 Å². The van der Waals surface area contributed by atoms with E-state index in [1.165, 1.54) is 7.11 Å². The van der Waals surface area contributed by atoms with Gasteiger partial charge in [0.2, 0.25) is 6.79 Å². The Labute approximate surface area is 196 Å². The first-order valence-electron chi connectivity index (χ1n) is 11.3. The molecule has 0 amide bonds. The van der Waals surface area contributed by atoms with E-state index in [1.807, 2.05) is 56.3 Å². The van der Waals surface area contributed by atoms with Crippen molar-refractivity contribution in [1.82, 2.24) is 4.98 Å². The van der Waals surface area contributed by atoms with Gasteiger partial charge < -0.3 is 19.5 Å². The zero-order valence-corrected chi connectivity index (χ0v) is 19.2. The Kier molecular flexibility index (Phi) is 4.46. The first-order chi connectivity index (χ1) is 16.4. The van der Waals surface area contributed by atoms with Crippen molar-refractivity contribution in [2.24, 2.45) is 11.3 Å². The lowest BCUT2D eigenvalue weighted by Crippen LogP contribution is -2.45. The van der Waals surface area contributed by atoms with Crippen molar-refractivity contribution in [3.63, 3.8) is 0 Å². The fourth-order valence-corrected chi connectivity index (χ4v) is 5.61. The number of nitrogens with zero attached hydrogens (tertiary/aromatic N) is 1. The van der Waals surface area contributed by atoms with E-state index in [0.717, 1.165) is 33.4 Å². The zero-order valence-electron chi connectivity index (χ0n) is 19.2. The molecule has 1 aliphatic carbocycles. The van der Waals surface area contributed by atoms with Crippen LogP contribution in [0.2, 0.25) is 0 Å². The summed E-state index contributed by atoms with van der Waals surface area (Å²) >= 11 is 0. The highest BCUT2D eigenvalue weighted by atomic mass is 16.7. The van der Waals surface area contributed by atoms with Crippen LogP contribution in [0.4, 0.5) is 5.69 Å². The van der Waals surface area contributed by atoms with Crippen molar-refractivity contribution in [1.29, 1.82) is 0 Å². The van der Waals surface area contributed by atoms with Crippen LogP contribution in [-0.4, -0.2) is 30.6 Å². The van der Waals surface area contributed by atoms with Crippen molar-refractivity contribution < 1.29 is 23.8 Å². The van der Waals surface area contributed by atoms with Crippen LogP contribution in [0.5, 0.6) is 11.5 Å². The van der Waals surface area contributed by atoms with Crippen molar-refractivity contribution in [2.45, 2.75) is 26.2 Å². The molecule has 0 saturated heterocycles. The SMILES string of the molecule is COC(=O)[C@@H]1C(=O)C2=C(CC1(C)C)Nc1ccc3ncccc3c1[C@@H]2c1ccc2c(c1)OCO2. The van der Waals surface area contributed by atoms with E-state index in [-0.39, 0.29) is 12.6 Å². The van der Waals surface area contributed by atoms with Gasteiger partial charge in [-0.3, -0.25) is 14.6 Å². The quantitative estimate of drug-likeness (QED) is 0.447. The van der Waals surface area contributed by atoms with Gasteiger partial charge >= 0.3 is 5.97 Å². The molecule has 1 aromatic heterocycles. The molecule has 0 fully saturated rings. The second-order valence-corrected chi connectivity index (χ2v) is 9.65. The zero-order chi connectivity index (χ0) is 23.6. The summed E-state index contributed by atoms with van der Waals surface area (Å²) in [6.45, 7) is 4.04. The molecule has 7 nitrogen and oxygen atoms in total. The van der Waals surface area contributed by atoms with Gasteiger partial charge in [0.05, 0.1) is 12.6 Å². The Balaban J connectivity index is 1.63. The van der Waals surface area contributed by atoms with Crippen LogP contribution in [0.3, 0.4) is 0 Å². The van der Waals surface area contributed by atoms with Crippen LogP contribution >= 0.6 is 0 Å². The minimum absolute atomic E-state index is 0.167. The Morgan fingerprint density at radius 1 is 1.15 bits per heavy atom. The summed E-state index contributed by atoms with van der Waals surface area (Å²) in [5.74, 6) is -0.675. The number of allylic oxidation sites excluding steroid dienone is 2. The van der Waals surface area contributed by atoms with Crippen LogP contribution < -0.4 is 14.8 Å². The molecule has 1 N–H and O–H groups in total. The molecular weight excluding hydrogens is 432 g/mol. The number of benzene rings is 2. The number of nitrogens with one attached hydrogen (secondary N) is 1. The number of anilines is 1. The van der Waals surface area contributed by atoms with Gasteiger partial charge in [0, 0.05) is 34.5 Å². The number of aromatic nitrogens is 1. The van der Waals surface area contributed by atoms with E-state index in [4.69, 9.17) is 14.2 Å². The van der Waals surface area contributed by atoms with Gasteiger partial charge in [0.1, 0.15) is 5.92 Å². The topological polar surface area (TPSA) is 86.8 Å². The highest BCUT2D eigenvalue weighted by Crippen LogP contribution is 2.53. The van der Waals surface area contributed by atoms with Crippen molar-refractivity contribution in [3.8, 4) is 11.5 Å². The third-order valence-electron chi connectivity index (χ3n) is 7.12. The van der Waals surface area contributed by atoms with Crippen molar-refractivity contribution in [3.05, 3.63) is 71.1 Å². The molecule has 3 aliphatic rings. The number of carbonyl (C=O) groups excluding carboxylic acids is 2. The van der Waals surface area contributed by atoms with Gasteiger partial charge in [-0.1, -0.05) is 26.0 Å². The summed E-state index contributed by atoms with van der Waals surface area (Å²) in [6.07, 6.45) is 2.30. The lowest BCUT2D eigenvalue weighted by Gasteiger charge is -2.43. The van der Waals surface area contributed by atoms with Gasteiger partial charge in [-0.25, -0.2) is 0 Å². The second kappa shape index (κ2) is 7.32. The molecule has 0 saturated carbocycles. The van der Waals surface area contributed by atoms with Crippen LogP contribution in [0.25, 0.3) is 10.9 Å². The van der Waals surface area contributed by atoms with E-state index < -0.39 is 23.2 Å². The number of esters is 1. The number of hydrogen-bond donors (Lipinski definition) is 1. The molecule has 6 rings (SSSR count). The third kappa shape index (κ3) is 2.93. The van der Waals surface area contributed by atoms with Crippen molar-refractivity contribution >= 4 is 28.3 Å². The smallest absolute Gasteiger partial charge is 0.317 e. The molecule has 2 aliphatic heterocycles. The molecule has 7 heteroatoms. The van der Waals surface area contributed by atoms with E-state index in [0.29, 0.717) is 23.5 Å². The Hall–Kier alpha value is -3.87. The minimum atomic E-state index is -0.885. The number of carbonyl (C=O) groups is 2. The van der Waals surface area contributed by atoms with Gasteiger partial charge in [0.15, 0.2) is 17.3 Å². The normalized spacial score (nSPS) is 22.1. The summed E-state index contributed by atoms with van der Waals surface area (Å²) < 4.78 is 16.2. The largest absolute Gasteiger partial charge is 0.468 e. The van der Waals surface area contributed by atoms with Crippen LogP contribution in [-0.2, 0) is 14.3 Å². The number of rotatable bonds is 2. The monoisotopic (exact) mass is 456 g/mol. The predicted molar refractivity (Wildman–Crippen MR) is 126 cm³/mol. The number of Topliss-reactive ketones (excluding diaryl/α,β-unsaturated/α-hetero) is 1. The number of fused-ring (bicyclic) bond motifs is 4. The molecular formula is C27H24N2O5. The fraction of sp³-hybridized carbons (Fsp3) is 0.296. The average molecular weight is 456 g/mol. The Morgan fingerprint density at radius 2 is 1.97 bits per heavy atom. The number of methoxy groups -OCH3 is 1. The van der Waals surface area contributed by atoms with E-state index in [9.17, 15) is 9.59 Å². The second-order valence-electron chi connectivity index (χ2n) is 9.65. The van der Waals surface area contributed by atoms with E-state index in [2.05, 4.69) is 10.3 Å². The maximum absolute atomic E-state index is 14.1. The van der Waals surface area contributed by atoms with E-state index >= 15 is 0 Å². The maximum Gasteiger partial charge on any atom is 0.317 e. The number of hydrogen-bond acceptors (Lipinski definition) is 7. The molecule has 0 spiro atoms. The molecule has 0 bridgehead atoms. The highest BCUT2D eigenvalue weighted by Gasteiger charge is 2.51. The van der Waals surface area contributed by atoms with Crippen LogP contribution in [0, 0.1) is 11.3 Å². The Bertz CT molecular complexity index is 1410. The first kappa shape index (κ1) is 20.7. The van der Waals surface area contributed by atoms with Gasteiger partial charge in [-0.2, -0.15) is 0 Å². The number of ether oxygens (including phenoxy) is 3. The molecule has 34 heavy (non-hydrogen) atoms. The number of ketones is 1. The van der Waals surface area contributed by atoms with Crippen molar-refractivity contribution in [2.75, 3.05) is 19.2 Å². The molecule has 0 unspecified atom stereocenters. The molecule has 2 atom stereocenters. The molecule has 3 aromatic rings. The average Bonchev–Trinajstić information content (AvgIpc) is 3.29. The highest BCUT2D eigenvalue weighted by molar-refractivity contribution is 6.13. The molecule has 172 valence electrons. The van der Waals surface area contributed by atoms with E-state index in [1.54, 1.807) is 6.20 Å². The molecule has 3 heterocycles. The lowest BCUT2D eigenvalue weighted by atomic mass is 9.63. The summed E-state index contributed by atoms with van der Waals surface area (Å²) in [4.78, 5) is 31.4. The predicted octanol–water partition coefficient (Wildman–Crippen LogP) is 4.56. The summed E-state index contributed by atoms with van der Waals surface area (Å²) in [5, 5.41) is 4.48. The van der Waals surface area contributed by atoms with Crippen LogP contribution in [0.15, 0.2) is 59.9 Å².